The summed E-state index contributed by atoms with van der Waals surface area (Å²) in [6.45, 7) is 3.63. The number of nitrogens with zero attached hydrogens (tertiary/aromatic N) is 2. The molecule has 0 fully saturated rings. The molecule has 11 heteroatoms. The minimum atomic E-state index is -4.31. The molecule has 0 saturated heterocycles. The number of anilines is 1. The van der Waals surface area contributed by atoms with Crippen LogP contribution in [-0.2, 0) is 32.6 Å². The summed E-state index contributed by atoms with van der Waals surface area (Å²) in [5.41, 5.74) is 1.73. The van der Waals surface area contributed by atoms with Gasteiger partial charge in [-0.3, -0.25) is 13.9 Å². The van der Waals surface area contributed by atoms with E-state index in [-0.39, 0.29) is 36.1 Å². The zero-order valence-electron chi connectivity index (χ0n) is 26.1. The molecular weight excluding hydrogens is 626 g/mol. The van der Waals surface area contributed by atoms with Gasteiger partial charge in [0, 0.05) is 24.5 Å². The summed E-state index contributed by atoms with van der Waals surface area (Å²) in [5, 5.41) is 3.23. The molecule has 0 unspecified atom stereocenters. The van der Waals surface area contributed by atoms with E-state index >= 15 is 0 Å². The first kappa shape index (κ1) is 34.3. The van der Waals surface area contributed by atoms with Gasteiger partial charge < -0.3 is 19.7 Å². The van der Waals surface area contributed by atoms with Crippen LogP contribution in [0.15, 0.2) is 108 Å². The van der Waals surface area contributed by atoms with Gasteiger partial charge in [0.1, 0.15) is 24.1 Å². The summed E-state index contributed by atoms with van der Waals surface area (Å²) >= 11 is 6.07. The highest BCUT2D eigenvalue weighted by Gasteiger charge is 2.35. The summed E-state index contributed by atoms with van der Waals surface area (Å²) in [6.07, 6.45) is 0.210. The van der Waals surface area contributed by atoms with E-state index in [0.29, 0.717) is 28.6 Å². The Morgan fingerprint density at radius 3 is 2.22 bits per heavy atom. The summed E-state index contributed by atoms with van der Waals surface area (Å²) < 4.78 is 40.7. The van der Waals surface area contributed by atoms with Crippen LogP contribution in [0.5, 0.6) is 11.5 Å². The van der Waals surface area contributed by atoms with E-state index in [1.54, 1.807) is 63.4 Å². The Balaban J connectivity index is 1.84. The molecular formula is C35H38ClN3O6S. The van der Waals surface area contributed by atoms with Crippen LogP contribution in [0.25, 0.3) is 0 Å². The highest BCUT2D eigenvalue weighted by atomic mass is 35.5. The van der Waals surface area contributed by atoms with E-state index in [1.165, 1.54) is 29.2 Å². The lowest BCUT2D eigenvalue weighted by Crippen LogP contribution is -2.53. The third kappa shape index (κ3) is 8.58. The van der Waals surface area contributed by atoms with Crippen molar-refractivity contribution in [1.82, 2.24) is 10.2 Å². The predicted molar refractivity (Wildman–Crippen MR) is 180 cm³/mol. The molecule has 2 amide bonds. The first-order valence-electron chi connectivity index (χ1n) is 14.9. The van der Waals surface area contributed by atoms with Gasteiger partial charge in [0.25, 0.3) is 10.0 Å². The third-order valence-corrected chi connectivity index (χ3v) is 9.25. The van der Waals surface area contributed by atoms with Crippen LogP contribution in [-0.4, -0.2) is 58.0 Å². The molecule has 0 aliphatic rings. The number of methoxy groups -OCH3 is 1. The molecule has 9 nitrogen and oxygen atoms in total. The highest BCUT2D eigenvalue weighted by molar-refractivity contribution is 7.92. The fourth-order valence-corrected chi connectivity index (χ4v) is 6.55. The number of sulfonamides is 1. The Morgan fingerprint density at radius 1 is 0.870 bits per heavy atom. The molecule has 0 aromatic heterocycles. The third-order valence-electron chi connectivity index (χ3n) is 7.22. The van der Waals surface area contributed by atoms with E-state index < -0.39 is 28.5 Å². The van der Waals surface area contributed by atoms with Crippen molar-refractivity contribution in [3.63, 3.8) is 0 Å². The van der Waals surface area contributed by atoms with Gasteiger partial charge in [0.05, 0.1) is 24.3 Å². The fourth-order valence-electron chi connectivity index (χ4n) is 5.00. The van der Waals surface area contributed by atoms with Crippen molar-refractivity contribution in [3.05, 3.63) is 119 Å². The topological polar surface area (TPSA) is 105 Å². The van der Waals surface area contributed by atoms with Crippen molar-refractivity contribution in [2.45, 2.75) is 37.8 Å². The van der Waals surface area contributed by atoms with Crippen LogP contribution in [0.3, 0.4) is 0 Å². The molecule has 0 spiro atoms. The van der Waals surface area contributed by atoms with E-state index in [9.17, 15) is 18.0 Å². The smallest absolute Gasteiger partial charge is 0.264 e. The monoisotopic (exact) mass is 663 g/mol. The maximum atomic E-state index is 14.6. The largest absolute Gasteiger partial charge is 0.497 e. The lowest BCUT2D eigenvalue weighted by atomic mass is 10.0. The second-order valence-corrected chi connectivity index (χ2v) is 12.6. The number of benzene rings is 4. The highest BCUT2D eigenvalue weighted by Crippen LogP contribution is 2.33. The molecule has 0 aliphatic carbocycles. The van der Waals surface area contributed by atoms with Crippen molar-refractivity contribution in [2.24, 2.45) is 0 Å². The number of carbonyl (C=O) groups excluding carboxylic acids is 2. The number of rotatable bonds is 15. The number of para-hydroxylation sites is 2. The van der Waals surface area contributed by atoms with Crippen LogP contribution < -0.4 is 19.1 Å². The Hall–Kier alpha value is -4.54. The number of carbonyl (C=O) groups is 2. The lowest BCUT2D eigenvalue weighted by molar-refractivity contribution is -0.140. The molecule has 4 rings (SSSR count). The summed E-state index contributed by atoms with van der Waals surface area (Å²) in [5.74, 6) is -0.0670. The molecule has 1 N–H and O–H groups in total. The van der Waals surface area contributed by atoms with Gasteiger partial charge in [0.2, 0.25) is 11.8 Å². The molecule has 1 atom stereocenters. The Morgan fingerprint density at radius 2 is 1.54 bits per heavy atom. The molecule has 4 aromatic carbocycles. The standard InChI is InChI=1S/C35H38ClN3O6S/c1-4-37-35(41)32(23-26-12-7-6-8-13-26)38(24-27-14-11-15-29(22-27)44-3)34(40)25-39(31-16-9-10-17-33(31)45-5-2)46(42,43)30-20-18-28(36)19-21-30/h6-22,32H,4-5,23-25H2,1-3H3,(H,37,41)/t32-/m0/s1. The second-order valence-electron chi connectivity index (χ2n) is 10.3. The summed E-state index contributed by atoms with van der Waals surface area (Å²) in [4.78, 5) is 29.6. The molecule has 4 aromatic rings. The number of likely N-dealkylation sites (N-methyl/N-ethyl adjacent to an activating group) is 1. The Bertz CT molecular complexity index is 1720. The minimum absolute atomic E-state index is 0.0204. The van der Waals surface area contributed by atoms with Crippen LogP contribution in [0.4, 0.5) is 5.69 Å². The van der Waals surface area contributed by atoms with Gasteiger partial charge in [-0.1, -0.05) is 66.2 Å². The lowest BCUT2D eigenvalue weighted by Gasteiger charge is -2.34. The normalized spacial score (nSPS) is 11.7. The summed E-state index contributed by atoms with van der Waals surface area (Å²) in [7, 11) is -2.77. The quantitative estimate of drug-likeness (QED) is 0.175. The zero-order chi connectivity index (χ0) is 33.1. The maximum absolute atomic E-state index is 14.6. The van der Waals surface area contributed by atoms with Crippen LogP contribution in [0.2, 0.25) is 5.02 Å². The van der Waals surface area contributed by atoms with E-state index in [2.05, 4.69) is 5.32 Å². The van der Waals surface area contributed by atoms with Crippen molar-refractivity contribution >= 4 is 39.1 Å². The van der Waals surface area contributed by atoms with Crippen LogP contribution in [0, 0.1) is 0 Å². The Kier molecular flexibility index (Phi) is 12.1. The average molecular weight is 664 g/mol. The second kappa shape index (κ2) is 16.1. The number of nitrogens with one attached hydrogen (secondary N) is 1. The van der Waals surface area contributed by atoms with Gasteiger partial charge in [0.15, 0.2) is 0 Å². The minimum Gasteiger partial charge on any atom is -0.497 e. The molecule has 0 saturated carbocycles. The van der Waals surface area contributed by atoms with Crippen LogP contribution >= 0.6 is 11.6 Å². The van der Waals surface area contributed by atoms with Gasteiger partial charge in [-0.25, -0.2) is 8.42 Å². The van der Waals surface area contributed by atoms with Gasteiger partial charge in [-0.2, -0.15) is 0 Å². The SMILES string of the molecule is CCNC(=O)[C@H](Cc1ccccc1)N(Cc1cccc(OC)c1)C(=O)CN(c1ccccc1OCC)S(=O)(=O)c1ccc(Cl)cc1. The van der Waals surface area contributed by atoms with Gasteiger partial charge in [-0.15, -0.1) is 0 Å². The molecule has 0 aliphatic heterocycles. The summed E-state index contributed by atoms with van der Waals surface area (Å²) in [6, 6.07) is 28.0. The fraction of sp³-hybridized carbons (Fsp3) is 0.257. The first-order valence-corrected chi connectivity index (χ1v) is 16.7. The first-order chi connectivity index (χ1) is 22.2. The van der Waals surface area contributed by atoms with Crippen molar-refractivity contribution in [3.8, 4) is 11.5 Å². The molecule has 0 radical (unpaired) electrons. The van der Waals surface area contributed by atoms with E-state index in [4.69, 9.17) is 21.1 Å². The van der Waals surface area contributed by atoms with Gasteiger partial charge in [-0.05, 0) is 73.5 Å². The Labute approximate surface area is 275 Å². The van der Waals surface area contributed by atoms with E-state index in [0.717, 1.165) is 9.87 Å². The molecule has 242 valence electrons. The number of halogens is 1. The van der Waals surface area contributed by atoms with Crippen molar-refractivity contribution < 1.29 is 27.5 Å². The molecule has 0 bridgehead atoms. The van der Waals surface area contributed by atoms with Crippen LogP contribution in [0.1, 0.15) is 25.0 Å². The van der Waals surface area contributed by atoms with Crippen molar-refractivity contribution in [1.29, 1.82) is 0 Å². The number of hydrogen-bond donors (Lipinski definition) is 1. The molecule has 46 heavy (non-hydrogen) atoms. The predicted octanol–water partition coefficient (Wildman–Crippen LogP) is 5.72. The maximum Gasteiger partial charge on any atom is 0.264 e. The number of ether oxygens (including phenoxy) is 2. The number of amides is 2. The number of hydrogen-bond acceptors (Lipinski definition) is 6. The molecule has 0 heterocycles. The van der Waals surface area contributed by atoms with E-state index in [1.807, 2.05) is 36.4 Å². The zero-order valence-corrected chi connectivity index (χ0v) is 27.6. The average Bonchev–Trinajstić information content (AvgIpc) is 3.06. The van der Waals surface area contributed by atoms with Crippen molar-refractivity contribution in [2.75, 3.05) is 31.1 Å². The van der Waals surface area contributed by atoms with Gasteiger partial charge >= 0.3 is 0 Å².